The van der Waals surface area contributed by atoms with E-state index in [4.69, 9.17) is 36.1 Å². The summed E-state index contributed by atoms with van der Waals surface area (Å²) in [7, 11) is 4.09. The molecule has 1 fully saturated rings. The number of benzene rings is 2. The first-order chi connectivity index (χ1) is 25.7. The Bertz CT molecular complexity index is 1740. The second-order valence-corrected chi connectivity index (χ2v) is 13.5. The van der Waals surface area contributed by atoms with E-state index in [-0.39, 0.29) is 23.8 Å². The number of urea groups is 1. The molecule has 1 aromatic heterocycles. The smallest absolute Gasteiger partial charge is 0.475 e. The Morgan fingerprint density at radius 3 is 2.18 bits per heavy atom. The maximum atomic E-state index is 14.5. The van der Waals surface area contributed by atoms with Crippen LogP contribution in [0, 0.1) is 5.92 Å². The first-order valence-electron chi connectivity index (χ1n) is 16.9. The number of aromatic nitrogens is 1. The summed E-state index contributed by atoms with van der Waals surface area (Å²) in [6.07, 6.45) is -7.37. The predicted molar refractivity (Wildman–Crippen MR) is 191 cm³/mol. The van der Waals surface area contributed by atoms with Crippen LogP contribution in [0.5, 0.6) is 0 Å². The van der Waals surface area contributed by atoms with Gasteiger partial charge in [0.15, 0.2) is 0 Å². The van der Waals surface area contributed by atoms with Gasteiger partial charge in [0.05, 0.1) is 13.2 Å². The molecule has 304 valence electrons. The van der Waals surface area contributed by atoms with E-state index in [1.54, 1.807) is 0 Å². The van der Waals surface area contributed by atoms with E-state index in [1.165, 1.54) is 0 Å². The number of carbonyl (C=O) groups excluding carboxylic acids is 2. The molecule has 20 heteroatoms. The van der Waals surface area contributed by atoms with Gasteiger partial charge in [-0.2, -0.15) is 26.3 Å². The minimum atomic E-state index is -5.08. The van der Waals surface area contributed by atoms with Crippen LogP contribution in [-0.2, 0) is 25.5 Å². The third-order valence-corrected chi connectivity index (χ3v) is 8.87. The highest BCUT2D eigenvalue weighted by Gasteiger charge is 2.39. The van der Waals surface area contributed by atoms with Crippen LogP contribution in [0.4, 0.5) is 36.8 Å². The zero-order chi connectivity index (χ0) is 41.1. The van der Waals surface area contributed by atoms with Crippen LogP contribution < -0.4 is 15.5 Å². The second-order valence-electron chi connectivity index (χ2n) is 13.1. The number of aliphatic carboxylic acids is 2. The maximum Gasteiger partial charge on any atom is 0.490 e. The number of anilines is 1. The van der Waals surface area contributed by atoms with Crippen molar-refractivity contribution in [1.82, 2.24) is 25.4 Å². The van der Waals surface area contributed by atoms with Gasteiger partial charge in [0, 0.05) is 73.0 Å². The molecule has 0 aliphatic carbocycles. The number of nitrogens with zero attached hydrogens (tertiary/aromatic N) is 3. The number of nitrogens with one attached hydrogen (secondary N) is 3. The van der Waals surface area contributed by atoms with E-state index in [0.29, 0.717) is 31.3 Å². The van der Waals surface area contributed by atoms with E-state index >= 15 is 0 Å². The Morgan fingerprint density at radius 2 is 1.60 bits per heavy atom. The number of amides is 3. The fourth-order valence-electron chi connectivity index (χ4n) is 6.12. The number of H-pyrrole nitrogens is 1. The van der Waals surface area contributed by atoms with Crippen LogP contribution in [0.3, 0.4) is 0 Å². The van der Waals surface area contributed by atoms with Crippen LogP contribution in [0.1, 0.15) is 24.0 Å². The van der Waals surface area contributed by atoms with Crippen LogP contribution in [0.15, 0.2) is 48.7 Å². The third-order valence-electron chi connectivity index (χ3n) is 8.64. The molecule has 0 spiro atoms. The minimum Gasteiger partial charge on any atom is -0.475 e. The summed E-state index contributed by atoms with van der Waals surface area (Å²) in [5.74, 6) is -5.68. The normalized spacial score (nSPS) is 17.1. The summed E-state index contributed by atoms with van der Waals surface area (Å²) < 4.78 is 68.9. The number of ether oxygens (including phenoxy) is 1. The van der Waals surface area contributed by atoms with Crippen molar-refractivity contribution in [2.24, 2.45) is 5.92 Å². The van der Waals surface area contributed by atoms with Crippen molar-refractivity contribution in [3.63, 3.8) is 0 Å². The summed E-state index contributed by atoms with van der Waals surface area (Å²) >= 11 is 6.37. The number of hydrogen-bond donors (Lipinski definition) is 5. The van der Waals surface area contributed by atoms with E-state index in [1.807, 2.05) is 74.6 Å². The number of carbonyl (C=O) groups is 4. The Hall–Kier alpha value is -4.59. The molecule has 55 heavy (non-hydrogen) atoms. The average molecular weight is 809 g/mol. The molecule has 3 heterocycles. The van der Waals surface area contributed by atoms with Gasteiger partial charge in [0.25, 0.3) is 0 Å². The molecular weight excluding hydrogens is 766 g/mol. The molecule has 3 aromatic rings. The number of rotatable bonds is 9. The van der Waals surface area contributed by atoms with Crippen LogP contribution in [0.25, 0.3) is 10.9 Å². The Morgan fingerprint density at radius 1 is 1.00 bits per heavy atom. The van der Waals surface area contributed by atoms with Crippen molar-refractivity contribution < 1.29 is 60.5 Å². The van der Waals surface area contributed by atoms with E-state index in [9.17, 15) is 35.9 Å². The van der Waals surface area contributed by atoms with E-state index < -0.39 is 30.3 Å². The standard InChI is InChI=1S/C31H41ClN6O3.2C2HF3O2/c1-21(26-18-34-27-7-5-4-6-25(26)27)29(35-31(40)33-10-11-37-12-14-41-15-13-37)30(39)38-20-22(19-36(2)3)16-23-17-24(32)8-9-28(23)38;2*3-2(4,5)1(6)7/h4-9,17-18,21-22,29,34H,10-16,19-20H2,1-3H3,(H2,33,35,40);2*(H,6,7)/t21?,22-,29?;;/m1../s1. The van der Waals surface area contributed by atoms with Gasteiger partial charge >= 0.3 is 30.3 Å². The second kappa shape index (κ2) is 19.8. The van der Waals surface area contributed by atoms with Crippen molar-refractivity contribution in [3.8, 4) is 0 Å². The molecule has 2 aliphatic rings. The monoisotopic (exact) mass is 808 g/mol. The van der Waals surface area contributed by atoms with Gasteiger partial charge in [0.2, 0.25) is 5.91 Å². The first kappa shape index (κ1) is 44.8. The summed E-state index contributed by atoms with van der Waals surface area (Å²) in [6, 6.07) is 12.6. The number of alkyl halides is 6. The number of morpholine rings is 1. The molecule has 13 nitrogen and oxygen atoms in total. The molecule has 2 aromatic carbocycles. The van der Waals surface area contributed by atoms with Crippen LogP contribution in [0.2, 0.25) is 5.02 Å². The lowest BCUT2D eigenvalue weighted by atomic mass is 9.88. The lowest BCUT2D eigenvalue weighted by Gasteiger charge is -2.38. The Kier molecular flexibility index (Phi) is 16.2. The summed E-state index contributed by atoms with van der Waals surface area (Å²) in [4.78, 5) is 55.2. The molecule has 5 rings (SSSR count). The van der Waals surface area contributed by atoms with Crippen molar-refractivity contribution in [1.29, 1.82) is 0 Å². The van der Waals surface area contributed by atoms with Crippen LogP contribution >= 0.6 is 11.6 Å². The lowest BCUT2D eigenvalue weighted by molar-refractivity contribution is -0.193. The summed E-state index contributed by atoms with van der Waals surface area (Å²) in [5.41, 5.74) is 3.91. The molecule has 1 saturated heterocycles. The number of para-hydroxylation sites is 1. The number of aromatic amines is 1. The minimum absolute atomic E-state index is 0.127. The highest BCUT2D eigenvalue weighted by atomic mass is 35.5. The Balaban J connectivity index is 0.000000494. The summed E-state index contributed by atoms with van der Waals surface area (Å²) in [6.45, 7) is 7.78. The summed E-state index contributed by atoms with van der Waals surface area (Å²) in [5, 5.41) is 22.0. The fourth-order valence-corrected chi connectivity index (χ4v) is 6.32. The largest absolute Gasteiger partial charge is 0.490 e. The number of carboxylic acids is 2. The maximum absolute atomic E-state index is 14.5. The molecule has 2 unspecified atom stereocenters. The first-order valence-corrected chi connectivity index (χ1v) is 17.3. The zero-order valence-corrected chi connectivity index (χ0v) is 30.9. The van der Waals surface area contributed by atoms with Gasteiger partial charge in [-0.1, -0.05) is 36.7 Å². The molecule has 3 atom stereocenters. The van der Waals surface area contributed by atoms with Gasteiger partial charge in [-0.15, -0.1) is 0 Å². The number of hydrogen-bond acceptors (Lipinski definition) is 7. The fraction of sp³-hybridized carbons (Fsp3) is 0.486. The van der Waals surface area contributed by atoms with Gasteiger partial charge in [-0.25, -0.2) is 14.4 Å². The molecule has 5 N–H and O–H groups in total. The highest BCUT2D eigenvalue weighted by Crippen LogP contribution is 2.35. The van der Waals surface area contributed by atoms with Gasteiger partial charge in [-0.3, -0.25) is 9.69 Å². The quantitative estimate of drug-likeness (QED) is 0.188. The van der Waals surface area contributed by atoms with Crippen molar-refractivity contribution in [2.75, 3.05) is 71.5 Å². The third kappa shape index (κ3) is 13.6. The predicted octanol–water partition coefficient (Wildman–Crippen LogP) is 4.96. The van der Waals surface area contributed by atoms with Crippen molar-refractivity contribution in [2.45, 2.75) is 37.7 Å². The lowest BCUT2D eigenvalue weighted by Crippen LogP contribution is -2.56. The topological polar surface area (TPSA) is 168 Å². The molecule has 2 aliphatic heterocycles. The highest BCUT2D eigenvalue weighted by molar-refractivity contribution is 6.30. The van der Waals surface area contributed by atoms with Crippen LogP contribution in [-0.4, -0.2) is 134 Å². The number of fused-ring (bicyclic) bond motifs is 2. The van der Waals surface area contributed by atoms with E-state index in [2.05, 4.69) is 25.4 Å². The molecule has 0 bridgehead atoms. The molecule has 3 amide bonds. The number of carboxylic acid groups (broad SMARTS) is 2. The van der Waals surface area contributed by atoms with Crippen molar-refractivity contribution in [3.05, 3.63) is 64.8 Å². The van der Waals surface area contributed by atoms with Gasteiger partial charge in [0.1, 0.15) is 6.04 Å². The van der Waals surface area contributed by atoms with E-state index in [0.717, 1.165) is 60.3 Å². The SMILES string of the molecule is CC(c1c[nH]c2ccccc12)C(NC(=O)NCCN1CCOCC1)C(=O)N1C[C@@H](CN(C)C)Cc2cc(Cl)ccc21.O=C(O)C(F)(F)F.O=C(O)C(F)(F)F. The molecular formula is C35H43ClF6N6O7. The van der Waals surface area contributed by atoms with Gasteiger partial charge < -0.3 is 40.4 Å². The van der Waals surface area contributed by atoms with Crippen molar-refractivity contribution >= 4 is 52.1 Å². The Labute approximate surface area is 317 Å². The zero-order valence-electron chi connectivity index (χ0n) is 30.1. The van der Waals surface area contributed by atoms with Gasteiger partial charge in [-0.05, 0) is 61.8 Å². The molecule has 0 radical (unpaired) electrons. The average Bonchev–Trinajstić information content (AvgIpc) is 3.54. The number of halogens is 7. The molecule has 0 saturated carbocycles.